The Hall–Kier alpha value is -0.410. The van der Waals surface area contributed by atoms with Gasteiger partial charge in [0.2, 0.25) is 0 Å². The van der Waals surface area contributed by atoms with Gasteiger partial charge in [-0.15, -0.1) is 0 Å². The third-order valence-corrected chi connectivity index (χ3v) is 1.22. The first kappa shape index (κ1) is 5.72. The largest absolute Gasteiger partial charge is 0.300 e. The molecule has 1 fully saturated rings. The molecule has 0 aromatic rings. The van der Waals surface area contributed by atoms with E-state index in [0.29, 0.717) is 0 Å². The molecule has 0 aliphatic carbocycles. The Bertz CT molecular complexity index is 78.5. The molecule has 46 valence electrons. The van der Waals surface area contributed by atoms with Crippen molar-refractivity contribution in [1.29, 1.82) is 0 Å². The lowest BCUT2D eigenvalue weighted by Crippen LogP contribution is -2.49. The van der Waals surface area contributed by atoms with Gasteiger partial charge in [0.15, 0.2) is 6.29 Å². The molecule has 1 heterocycles. The van der Waals surface area contributed by atoms with Gasteiger partial charge in [-0.1, -0.05) is 0 Å². The van der Waals surface area contributed by atoms with Crippen LogP contribution in [0.15, 0.2) is 0 Å². The minimum Gasteiger partial charge on any atom is -0.300 e. The van der Waals surface area contributed by atoms with Crippen molar-refractivity contribution in [3.05, 3.63) is 0 Å². The van der Waals surface area contributed by atoms with Gasteiger partial charge in [0.1, 0.15) is 6.17 Å². The number of rotatable bonds is 1. The molecule has 0 radical (unpaired) electrons. The second-order valence-electron chi connectivity index (χ2n) is 1.88. The van der Waals surface area contributed by atoms with Gasteiger partial charge in [0.05, 0.1) is 0 Å². The van der Waals surface area contributed by atoms with Crippen molar-refractivity contribution in [1.82, 2.24) is 10.6 Å². The van der Waals surface area contributed by atoms with E-state index >= 15 is 0 Å². The summed E-state index contributed by atoms with van der Waals surface area (Å²) in [4.78, 5) is 10.0. The standard InChI is InChI=1S/C5H10N2O/c8-4-5-6-2-1-3-7-5/h4-7H,1-3H2. The number of carbonyl (C=O) groups is 1. The van der Waals surface area contributed by atoms with Crippen LogP contribution in [0.3, 0.4) is 0 Å². The zero-order chi connectivity index (χ0) is 5.82. The lowest BCUT2D eigenvalue weighted by Gasteiger charge is -2.19. The number of aldehydes is 1. The van der Waals surface area contributed by atoms with Crippen molar-refractivity contribution in [2.75, 3.05) is 13.1 Å². The van der Waals surface area contributed by atoms with Gasteiger partial charge < -0.3 is 4.79 Å². The van der Waals surface area contributed by atoms with E-state index in [4.69, 9.17) is 0 Å². The quantitative estimate of drug-likeness (QED) is 0.434. The summed E-state index contributed by atoms with van der Waals surface area (Å²) < 4.78 is 0. The van der Waals surface area contributed by atoms with Crippen LogP contribution in [0.5, 0.6) is 0 Å². The van der Waals surface area contributed by atoms with Gasteiger partial charge in [-0.3, -0.25) is 10.6 Å². The third kappa shape index (κ3) is 1.28. The number of hydrogen-bond donors (Lipinski definition) is 2. The zero-order valence-electron chi connectivity index (χ0n) is 4.68. The van der Waals surface area contributed by atoms with Crippen LogP contribution in [0.4, 0.5) is 0 Å². The molecule has 0 atom stereocenters. The molecule has 1 aliphatic heterocycles. The average molecular weight is 114 g/mol. The molecule has 3 nitrogen and oxygen atoms in total. The summed E-state index contributed by atoms with van der Waals surface area (Å²) in [6, 6.07) is 0. The van der Waals surface area contributed by atoms with E-state index < -0.39 is 0 Å². The van der Waals surface area contributed by atoms with Gasteiger partial charge in [-0.05, 0) is 19.5 Å². The topological polar surface area (TPSA) is 41.1 Å². The molecule has 1 aliphatic rings. The van der Waals surface area contributed by atoms with Crippen molar-refractivity contribution in [2.24, 2.45) is 0 Å². The first-order chi connectivity index (χ1) is 3.93. The fraction of sp³-hybridized carbons (Fsp3) is 0.800. The molecule has 0 unspecified atom stereocenters. The monoisotopic (exact) mass is 114 g/mol. The van der Waals surface area contributed by atoms with Crippen molar-refractivity contribution in [2.45, 2.75) is 12.6 Å². The predicted molar refractivity (Wildman–Crippen MR) is 30.5 cm³/mol. The first-order valence-corrected chi connectivity index (χ1v) is 2.85. The van der Waals surface area contributed by atoms with Gasteiger partial charge in [-0.2, -0.15) is 0 Å². The molecule has 0 aromatic heterocycles. The average Bonchev–Trinajstić information content (AvgIpc) is 1.90. The highest BCUT2D eigenvalue weighted by Crippen LogP contribution is 1.83. The summed E-state index contributed by atoms with van der Waals surface area (Å²) in [6.45, 7) is 1.91. The second kappa shape index (κ2) is 2.79. The lowest BCUT2D eigenvalue weighted by molar-refractivity contribution is -0.110. The van der Waals surface area contributed by atoms with E-state index in [-0.39, 0.29) is 6.17 Å². The Balaban J connectivity index is 2.22. The van der Waals surface area contributed by atoms with Crippen molar-refractivity contribution in [3.63, 3.8) is 0 Å². The summed E-state index contributed by atoms with van der Waals surface area (Å²) in [5.41, 5.74) is 0. The summed E-state index contributed by atoms with van der Waals surface area (Å²) in [5.74, 6) is 0. The molecule has 0 spiro atoms. The molecule has 8 heavy (non-hydrogen) atoms. The molecular weight excluding hydrogens is 104 g/mol. The molecule has 3 heteroatoms. The van der Waals surface area contributed by atoms with Gasteiger partial charge in [-0.25, -0.2) is 0 Å². The molecule has 1 saturated heterocycles. The molecule has 2 N–H and O–H groups in total. The minimum absolute atomic E-state index is 0.0938. The molecule has 0 aromatic carbocycles. The highest BCUT2D eigenvalue weighted by Gasteiger charge is 2.07. The van der Waals surface area contributed by atoms with Crippen LogP contribution >= 0.6 is 0 Å². The lowest BCUT2D eigenvalue weighted by atomic mass is 10.3. The normalized spacial score (nSPS) is 23.0. The van der Waals surface area contributed by atoms with Crippen LogP contribution in [-0.2, 0) is 4.79 Å². The summed E-state index contributed by atoms with van der Waals surface area (Å²) in [6.07, 6.45) is 1.91. The highest BCUT2D eigenvalue weighted by molar-refractivity contribution is 5.56. The van der Waals surface area contributed by atoms with Crippen LogP contribution in [0.1, 0.15) is 6.42 Å². The summed E-state index contributed by atoms with van der Waals surface area (Å²) in [7, 11) is 0. The zero-order valence-corrected chi connectivity index (χ0v) is 4.68. The molecule has 0 saturated carbocycles. The Morgan fingerprint density at radius 1 is 1.38 bits per heavy atom. The van der Waals surface area contributed by atoms with Crippen molar-refractivity contribution in [3.8, 4) is 0 Å². The second-order valence-corrected chi connectivity index (χ2v) is 1.88. The highest BCUT2D eigenvalue weighted by atomic mass is 16.1. The van der Waals surface area contributed by atoms with Crippen molar-refractivity contribution >= 4 is 6.29 Å². The SMILES string of the molecule is O=CC1NCCCN1. The van der Waals surface area contributed by atoms with Gasteiger partial charge in [0.25, 0.3) is 0 Å². The Morgan fingerprint density at radius 2 is 2.00 bits per heavy atom. The van der Waals surface area contributed by atoms with Crippen LogP contribution in [-0.4, -0.2) is 25.5 Å². The van der Waals surface area contributed by atoms with E-state index in [1.54, 1.807) is 0 Å². The maximum atomic E-state index is 10.0. The Kier molecular flexibility index (Phi) is 2.00. The Morgan fingerprint density at radius 3 is 2.38 bits per heavy atom. The fourth-order valence-corrected chi connectivity index (χ4v) is 0.772. The van der Waals surface area contributed by atoms with Gasteiger partial charge in [0, 0.05) is 0 Å². The maximum absolute atomic E-state index is 10.0. The summed E-state index contributed by atoms with van der Waals surface area (Å²) >= 11 is 0. The van der Waals surface area contributed by atoms with Crippen molar-refractivity contribution < 1.29 is 4.79 Å². The molecule has 0 amide bonds. The first-order valence-electron chi connectivity index (χ1n) is 2.85. The van der Waals surface area contributed by atoms with E-state index in [1.165, 1.54) is 0 Å². The molecule has 0 bridgehead atoms. The van der Waals surface area contributed by atoms with Crippen LogP contribution in [0.2, 0.25) is 0 Å². The summed E-state index contributed by atoms with van der Waals surface area (Å²) in [5, 5.41) is 5.98. The third-order valence-electron chi connectivity index (χ3n) is 1.22. The predicted octanol–water partition coefficient (Wildman–Crippen LogP) is -0.906. The number of hydrogen-bond acceptors (Lipinski definition) is 3. The van der Waals surface area contributed by atoms with E-state index in [0.717, 1.165) is 25.8 Å². The minimum atomic E-state index is -0.0938. The van der Waals surface area contributed by atoms with Gasteiger partial charge >= 0.3 is 0 Å². The van der Waals surface area contributed by atoms with Crippen LogP contribution in [0.25, 0.3) is 0 Å². The van der Waals surface area contributed by atoms with E-state index in [2.05, 4.69) is 10.6 Å². The smallest absolute Gasteiger partial charge is 0.151 e. The molecule has 1 rings (SSSR count). The fourth-order valence-electron chi connectivity index (χ4n) is 0.772. The van der Waals surface area contributed by atoms with Crippen LogP contribution in [0, 0.1) is 0 Å². The Labute approximate surface area is 48.5 Å². The maximum Gasteiger partial charge on any atom is 0.151 e. The number of nitrogens with one attached hydrogen (secondary N) is 2. The van der Waals surface area contributed by atoms with E-state index in [1.807, 2.05) is 0 Å². The number of carbonyl (C=O) groups excluding carboxylic acids is 1. The van der Waals surface area contributed by atoms with E-state index in [9.17, 15) is 4.79 Å². The van der Waals surface area contributed by atoms with Crippen LogP contribution < -0.4 is 10.6 Å². The molecular formula is C5H10N2O.